The summed E-state index contributed by atoms with van der Waals surface area (Å²) < 4.78 is 68.2. The fraction of sp³-hybridized carbons (Fsp3) is 0.385. The molecule has 0 heterocycles. The maximum absolute atomic E-state index is 12.8. The van der Waals surface area contributed by atoms with E-state index in [9.17, 15) is 31.2 Å². The lowest BCUT2D eigenvalue weighted by molar-refractivity contribution is -0.140. The first-order chi connectivity index (χ1) is 10.8. The molecule has 1 atom stereocenters. The van der Waals surface area contributed by atoms with E-state index in [1.807, 2.05) is 0 Å². The number of alkyl halides is 3. The van der Waals surface area contributed by atoms with Crippen molar-refractivity contribution in [2.45, 2.75) is 24.0 Å². The lowest BCUT2D eigenvalue weighted by Crippen LogP contribution is -2.40. The van der Waals surface area contributed by atoms with Gasteiger partial charge >= 0.3 is 18.1 Å². The van der Waals surface area contributed by atoms with Crippen molar-refractivity contribution in [2.75, 3.05) is 14.2 Å². The Bertz CT molecular complexity index is 759. The Morgan fingerprint density at radius 2 is 1.83 bits per heavy atom. The Labute approximate surface area is 135 Å². The fourth-order valence-electron chi connectivity index (χ4n) is 1.71. The monoisotopic (exact) mass is 369 g/mol. The second-order valence-corrected chi connectivity index (χ2v) is 6.70. The van der Waals surface area contributed by atoms with Gasteiger partial charge in [0, 0.05) is 7.05 Å². The van der Waals surface area contributed by atoms with Crippen molar-refractivity contribution in [3.63, 3.8) is 0 Å². The number of hydrogen-bond acceptors (Lipinski definition) is 5. The zero-order chi connectivity index (χ0) is 18.9. The summed E-state index contributed by atoms with van der Waals surface area (Å²) in [7, 11) is -2.89. The molecule has 0 aromatic heterocycles. The van der Waals surface area contributed by atoms with Gasteiger partial charge in [-0.25, -0.2) is 13.2 Å². The van der Waals surface area contributed by atoms with Crippen LogP contribution < -0.4 is 0 Å². The normalized spacial score (nSPS) is 13.6. The van der Waals surface area contributed by atoms with E-state index < -0.39 is 50.2 Å². The Hall–Kier alpha value is -2.14. The van der Waals surface area contributed by atoms with Crippen molar-refractivity contribution in [2.24, 2.45) is 0 Å². The lowest BCUT2D eigenvalue weighted by Gasteiger charge is -2.22. The van der Waals surface area contributed by atoms with Crippen molar-refractivity contribution >= 4 is 22.0 Å². The molecule has 0 saturated carbocycles. The predicted molar refractivity (Wildman–Crippen MR) is 74.8 cm³/mol. The van der Waals surface area contributed by atoms with Gasteiger partial charge in [0.1, 0.15) is 6.04 Å². The molecular formula is C13H14F3NO6S. The van der Waals surface area contributed by atoms with Gasteiger partial charge in [-0.05, 0) is 25.1 Å². The largest absolute Gasteiger partial charge is 0.480 e. The highest BCUT2D eigenvalue weighted by atomic mass is 32.2. The quantitative estimate of drug-likeness (QED) is 0.791. The number of halogens is 3. The number of carbonyl (C=O) groups is 2. The Morgan fingerprint density at radius 3 is 2.25 bits per heavy atom. The van der Waals surface area contributed by atoms with E-state index >= 15 is 0 Å². The summed E-state index contributed by atoms with van der Waals surface area (Å²) in [5, 5.41) is 8.89. The third-order valence-corrected chi connectivity index (χ3v) is 5.24. The molecule has 0 aliphatic carbocycles. The third kappa shape index (κ3) is 3.85. The molecule has 0 aliphatic rings. The highest BCUT2D eigenvalue weighted by Crippen LogP contribution is 2.33. The molecule has 0 amide bonds. The molecule has 0 aliphatic heterocycles. The molecule has 1 rings (SSSR count). The summed E-state index contributed by atoms with van der Waals surface area (Å²) in [5.74, 6) is -2.67. The first-order valence-electron chi connectivity index (χ1n) is 6.34. The minimum absolute atomic E-state index is 0.270. The van der Waals surface area contributed by atoms with Crippen LogP contribution in [0.2, 0.25) is 0 Å². The van der Waals surface area contributed by atoms with Crippen molar-refractivity contribution in [1.82, 2.24) is 4.31 Å². The van der Waals surface area contributed by atoms with Gasteiger partial charge in [0.2, 0.25) is 10.0 Å². The molecule has 7 nitrogen and oxygen atoms in total. The van der Waals surface area contributed by atoms with E-state index in [0.717, 1.165) is 21.1 Å². The van der Waals surface area contributed by atoms with E-state index in [1.54, 1.807) is 0 Å². The molecule has 1 N–H and O–H groups in total. The zero-order valence-electron chi connectivity index (χ0n) is 12.8. The first kappa shape index (κ1) is 19.9. The Morgan fingerprint density at radius 1 is 1.29 bits per heavy atom. The van der Waals surface area contributed by atoms with Crippen LogP contribution in [0.15, 0.2) is 23.1 Å². The molecule has 0 radical (unpaired) electrons. The second-order valence-electron chi connectivity index (χ2n) is 4.74. The number of aliphatic carboxylic acids is 1. The van der Waals surface area contributed by atoms with E-state index in [1.165, 1.54) is 0 Å². The number of ether oxygens (including phenoxy) is 1. The summed E-state index contributed by atoms with van der Waals surface area (Å²) in [4.78, 5) is 21.6. The lowest BCUT2D eigenvalue weighted by atomic mass is 10.1. The van der Waals surface area contributed by atoms with Crippen LogP contribution >= 0.6 is 0 Å². The van der Waals surface area contributed by atoms with Gasteiger partial charge in [-0.15, -0.1) is 0 Å². The van der Waals surface area contributed by atoms with Crippen molar-refractivity contribution in [1.29, 1.82) is 0 Å². The standard InChI is InChI=1S/C13H14F3NO6S/c1-7(11(18)19)17(2)24(21,22)10-6-8(13(14,15)16)4-5-9(10)12(20)23-3/h4-7H,1-3H3,(H,18,19). The number of sulfonamides is 1. The van der Waals surface area contributed by atoms with Crippen molar-refractivity contribution in [3.05, 3.63) is 29.3 Å². The molecule has 24 heavy (non-hydrogen) atoms. The number of nitrogens with zero attached hydrogens (tertiary/aromatic N) is 1. The van der Waals surface area contributed by atoms with Crippen LogP contribution in [0, 0.1) is 0 Å². The molecule has 0 fully saturated rings. The van der Waals surface area contributed by atoms with Gasteiger partial charge in [-0.1, -0.05) is 0 Å². The van der Waals surface area contributed by atoms with Crippen LogP contribution in [0.25, 0.3) is 0 Å². The smallest absolute Gasteiger partial charge is 0.416 e. The molecule has 1 unspecified atom stereocenters. The summed E-state index contributed by atoms with van der Waals surface area (Å²) in [6, 6.07) is -0.0886. The number of methoxy groups -OCH3 is 1. The number of hydrogen-bond donors (Lipinski definition) is 1. The molecule has 0 spiro atoms. The number of carbonyl (C=O) groups excluding carboxylic acids is 1. The van der Waals surface area contributed by atoms with Gasteiger partial charge in [0.05, 0.1) is 23.1 Å². The van der Waals surface area contributed by atoms with Crippen LogP contribution in [-0.4, -0.2) is 50.0 Å². The van der Waals surface area contributed by atoms with Crippen LogP contribution in [-0.2, 0) is 25.7 Å². The molecule has 1 aromatic rings. The molecule has 0 bridgehead atoms. The van der Waals surface area contributed by atoms with E-state index in [-0.39, 0.29) is 6.07 Å². The third-order valence-electron chi connectivity index (χ3n) is 3.27. The van der Waals surface area contributed by atoms with Gasteiger partial charge in [-0.2, -0.15) is 17.5 Å². The molecule has 11 heteroatoms. The maximum Gasteiger partial charge on any atom is 0.416 e. The van der Waals surface area contributed by atoms with Crippen LogP contribution in [0.1, 0.15) is 22.8 Å². The van der Waals surface area contributed by atoms with Crippen LogP contribution in [0.4, 0.5) is 13.2 Å². The molecule has 134 valence electrons. The average molecular weight is 369 g/mol. The minimum Gasteiger partial charge on any atom is -0.480 e. The molecule has 1 aromatic carbocycles. The van der Waals surface area contributed by atoms with Crippen LogP contribution in [0.5, 0.6) is 0 Å². The first-order valence-corrected chi connectivity index (χ1v) is 7.78. The topological polar surface area (TPSA) is 101 Å². The summed E-state index contributed by atoms with van der Waals surface area (Å²) in [6.07, 6.45) is -4.85. The van der Waals surface area contributed by atoms with E-state index in [4.69, 9.17) is 5.11 Å². The number of benzene rings is 1. The second kappa shape index (κ2) is 6.77. The molecule has 0 saturated heterocycles. The van der Waals surface area contributed by atoms with E-state index in [2.05, 4.69) is 4.74 Å². The summed E-state index contributed by atoms with van der Waals surface area (Å²) in [5.41, 5.74) is -1.93. The highest BCUT2D eigenvalue weighted by Gasteiger charge is 2.37. The molecular weight excluding hydrogens is 355 g/mol. The Kier molecular flexibility index (Phi) is 5.62. The number of carboxylic acid groups (broad SMARTS) is 1. The van der Waals surface area contributed by atoms with Gasteiger partial charge in [0.15, 0.2) is 0 Å². The van der Waals surface area contributed by atoms with Crippen LogP contribution in [0.3, 0.4) is 0 Å². The predicted octanol–water partition coefficient (Wildman–Crippen LogP) is 1.59. The van der Waals surface area contributed by atoms with Crippen molar-refractivity contribution < 1.29 is 41.0 Å². The fourth-order valence-corrected chi connectivity index (χ4v) is 3.23. The SMILES string of the molecule is COC(=O)c1ccc(C(F)(F)F)cc1S(=O)(=O)N(C)C(C)C(=O)O. The summed E-state index contributed by atoms with van der Waals surface area (Å²) >= 11 is 0. The highest BCUT2D eigenvalue weighted by molar-refractivity contribution is 7.89. The number of likely N-dealkylation sites (N-methyl/N-ethyl adjacent to an activating group) is 1. The van der Waals surface area contributed by atoms with Gasteiger partial charge in [0.25, 0.3) is 0 Å². The van der Waals surface area contributed by atoms with Gasteiger partial charge < -0.3 is 9.84 Å². The number of rotatable bonds is 5. The minimum atomic E-state index is -4.85. The van der Waals surface area contributed by atoms with Crippen molar-refractivity contribution in [3.8, 4) is 0 Å². The van der Waals surface area contributed by atoms with Gasteiger partial charge in [-0.3, -0.25) is 4.79 Å². The zero-order valence-corrected chi connectivity index (χ0v) is 13.6. The maximum atomic E-state index is 12.8. The van der Waals surface area contributed by atoms with E-state index in [0.29, 0.717) is 16.4 Å². The number of esters is 1. The average Bonchev–Trinajstić information content (AvgIpc) is 2.50. The summed E-state index contributed by atoms with van der Waals surface area (Å²) in [6.45, 7) is 1.03. The number of carboxylic acids is 1. The Balaban J connectivity index is 3.64.